The molecule has 16 heavy (non-hydrogen) atoms. The third-order valence-electron chi connectivity index (χ3n) is 2.30. The van der Waals surface area contributed by atoms with Gasteiger partial charge in [-0.25, -0.2) is 0 Å². The van der Waals surface area contributed by atoms with Crippen LogP contribution in [0.3, 0.4) is 0 Å². The number of carbonyl (C=O) groups excluding carboxylic acids is 1. The number of hydrogen-bond donors (Lipinski definition) is 2. The normalized spacial score (nSPS) is 10.3. The van der Waals surface area contributed by atoms with Gasteiger partial charge in [-0.2, -0.15) is 0 Å². The second-order valence-electron chi connectivity index (χ2n) is 3.67. The Bertz CT molecular complexity index is 366. The highest BCUT2D eigenvalue weighted by Crippen LogP contribution is 2.27. The number of carbonyl (C=O) groups is 1. The summed E-state index contributed by atoms with van der Waals surface area (Å²) in [5.74, 6) is 0.621. The van der Waals surface area contributed by atoms with Crippen LogP contribution in [-0.4, -0.2) is 11.7 Å². The van der Waals surface area contributed by atoms with Crippen molar-refractivity contribution in [1.82, 2.24) is 0 Å². The number of anilines is 1. The SMILES string of the molecule is CCCCCSc1cc(C(N)=O)ccc1N. The molecule has 0 heterocycles. The van der Waals surface area contributed by atoms with Crippen LogP contribution >= 0.6 is 11.8 Å². The highest BCUT2D eigenvalue weighted by Gasteiger charge is 2.05. The Balaban J connectivity index is 2.63. The first kappa shape index (κ1) is 12.9. The van der Waals surface area contributed by atoms with E-state index < -0.39 is 5.91 Å². The van der Waals surface area contributed by atoms with Gasteiger partial charge < -0.3 is 11.5 Å². The molecule has 0 aliphatic heterocycles. The van der Waals surface area contributed by atoms with E-state index in [-0.39, 0.29) is 0 Å². The maximum atomic E-state index is 11.0. The number of nitrogen functional groups attached to an aromatic ring is 1. The van der Waals surface area contributed by atoms with Crippen molar-refractivity contribution in [3.63, 3.8) is 0 Å². The molecule has 1 aromatic rings. The lowest BCUT2D eigenvalue weighted by atomic mass is 10.2. The van der Waals surface area contributed by atoms with Crippen molar-refractivity contribution >= 4 is 23.4 Å². The van der Waals surface area contributed by atoms with Crippen molar-refractivity contribution in [2.45, 2.75) is 31.1 Å². The Morgan fingerprint density at radius 2 is 2.12 bits per heavy atom. The first-order valence-electron chi connectivity index (χ1n) is 5.47. The van der Waals surface area contributed by atoms with Gasteiger partial charge in [0.25, 0.3) is 0 Å². The fourth-order valence-corrected chi connectivity index (χ4v) is 2.36. The molecule has 1 amide bonds. The quantitative estimate of drug-likeness (QED) is 0.455. The molecule has 3 nitrogen and oxygen atoms in total. The van der Waals surface area contributed by atoms with E-state index in [9.17, 15) is 4.79 Å². The van der Waals surface area contributed by atoms with Crippen molar-refractivity contribution in [2.24, 2.45) is 5.73 Å². The van der Waals surface area contributed by atoms with Crippen LogP contribution in [-0.2, 0) is 0 Å². The zero-order chi connectivity index (χ0) is 12.0. The minimum absolute atomic E-state index is 0.407. The smallest absolute Gasteiger partial charge is 0.248 e. The van der Waals surface area contributed by atoms with Crippen LogP contribution in [0.15, 0.2) is 23.1 Å². The lowest BCUT2D eigenvalue weighted by molar-refractivity contribution is 0.1000. The topological polar surface area (TPSA) is 69.1 Å². The molecule has 1 aromatic carbocycles. The van der Waals surface area contributed by atoms with E-state index in [4.69, 9.17) is 11.5 Å². The third kappa shape index (κ3) is 3.77. The van der Waals surface area contributed by atoms with Gasteiger partial charge in [-0.1, -0.05) is 19.8 Å². The molecule has 0 aliphatic rings. The van der Waals surface area contributed by atoms with Crippen molar-refractivity contribution < 1.29 is 4.79 Å². The second-order valence-corrected chi connectivity index (χ2v) is 4.81. The molecular weight excluding hydrogens is 220 g/mol. The van der Waals surface area contributed by atoms with Crippen LogP contribution in [0.1, 0.15) is 36.5 Å². The predicted molar refractivity (Wildman–Crippen MR) is 69.6 cm³/mol. The van der Waals surface area contributed by atoms with Crippen LogP contribution in [0.4, 0.5) is 5.69 Å². The molecule has 0 spiro atoms. The maximum absolute atomic E-state index is 11.0. The van der Waals surface area contributed by atoms with Gasteiger partial charge in [-0.05, 0) is 30.4 Å². The summed E-state index contributed by atoms with van der Waals surface area (Å²) in [6.07, 6.45) is 3.60. The van der Waals surface area contributed by atoms with E-state index in [2.05, 4.69) is 6.92 Å². The van der Waals surface area contributed by atoms with Gasteiger partial charge in [0.05, 0.1) is 0 Å². The highest BCUT2D eigenvalue weighted by molar-refractivity contribution is 7.99. The van der Waals surface area contributed by atoms with Crippen LogP contribution in [0.5, 0.6) is 0 Å². The van der Waals surface area contributed by atoms with E-state index in [0.717, 1.165) is 10.6 Å². The van der Waals surface area contributed by atoms with Gasteiger partial charge >= 0.3 is 0 Å². The molecule has 0 radical (unpaired) electrons. The standard InChI is InChI=1S/C12H18N2OS/c1-2-3-4-7-16-11-8-9(12(14)15)5-6-10(11)13/h5-6,8H,2-4,7,13H2,1H3,(H2,14,15). The van der Waals surface area contributed by atoms with Gasteiger partial charge in [0, 0.05) is 16.1 Å². The Morgan fingerprint density at radius 1 is 1.38 bits per heavy atom. The van der Waals surface area contributed by atoms with Gasteiger partial charge in [-0.15, -0.1) is 11.8 Å². The number of amides is 1. The molecule has 4 heteroatoms. The number of nitrogens with two attached hydrogens (primary N) is 2. The lowest BCUT2D eigenvalue weighted by Gasteiger charge is -2.06. The van der Waals surface area contributed by atoms with Gasteiger partial charge in [0.1, 0.15) is 0 Å². The van der Waals surface area contributed by atoms with Gasteiger partial charge in [0.2, 0.25) is 5.91 Å². The predicted octanol–water partition coefficient (Wildman–Crippen LogP) is 2.65. The number of benzene rings is 1. The number of primary amides is 1. The number of hydrogen-bond acceptors (Lipinski definition) is 3. The number of rotatable bonds is 6. The molecule has 0 bridgehead atoms. The monoisotopic (exact) mass is 238 g/mol. The summed E-state index contributed by atoms with van der Waals surface area (Å²) in [5, 5.41) is 0. The number of unbranched alkanes of at least 4 members (excludes halogenated alkanes) is 2. The highest BCUT2D eigenvalue weighted by atomic mass is 32.2. The van der Waals surface area contributed by atoms with Crippen molar-refractivity contribution in [1.29, 1.82) is 0 Å². The molecule has 0 aliphatic carbocycles. The van der Waals surface area contributed by atoms with Crippen molar-refractivity contribution in [2.75, 3.05) is 11.5 Å². The summed E-state index contributed by atoms with van der Waals surface area (Å²) in [4.78, 5) is 12.0. The molecule has 0 atom stereocenters. The summed E-state index contributed by atoms with van der Waals surface area (Å²) < 4.78 is 0. The molecule has 0 unspecified atom stereocenters. The molecule has 88 valence electrons. The largest absolute Gasteiger partial charge is 0.398 e. The molecule has 0 saturated carbocycles. The summed E-state index contributed by atoms with van der Waals surface area (Å²) in [5.41, 5.74) is 12.3. The van der Waals surface area contributed by atoms with Gasteiger partial charge in [-0.3, -0.25) is 4.79 Å². The lowest BCUT2D eigenvalue weighted by Crippen LogP contribution is -2.11. The minimum atomic E-state index is -0.407. The number of thioether (sulfide) groups is 1. The summed E-state index contributed by atoms with van der Waals surface area (Å²) in [7, 11) is 0. The van der Waals surface area contributed by atoms with Crippen LogP contribution in [0.2, 0.25) is 0 Å². The molecule has 4 N–H and O–H groups in total. The third-order valence-corrected chi connectivity index (χ3v) is 3.46. The Kier molecular flexibility index (Phi) is 5.19. The van der Waals surface area contributed by atoms with Crippen LogP contribution in [0, 0.1) is 0 Å². The molecule has 0 aromatic heterocycles. The second kappa shape index (κ2) is 6.43. The first-order valence-corrected chi connectivity index (χ1v) is 6.46. The molecular formula is C12H18N2OS. The zero-order valence-electron chi connectivity index (χ0n) is 9.53. The van der Waals surface area contributed by atoms with E-state index in [1.54, 1.807) is 30.0 Å². The first-order chi connectivity index (χ1) is 7.65. The average Bonchev–Trinajstić information content (AvgIpc) is 2.26. The van der Waals surface area contributed by atoms with E-state index >= 15 is 0 Å². The summed E-state index contributed by atoms with van der Waals surface area (Å²) in [6, 6.07) is 5.17. The fourth-order valence-electron chi connectivity index (χ4n) is 1.35. The van der Waals surface area contributed by atoms with Gasteiger partial charge in [0.15, 0.2) is 0 Å². The summed E-state index contributed by atoms with van der Waals surface area (Å²) >= 11 is 1.69. The van der Waals surface area contributed by atoms with E-state index in [1.807, 2.05) is 0 Å². The fraction of sp³-hybridized carbons (Fsp3) is 0.417. The molecule has 1 rings (SSSR count). The van der Waals surface area contributed by atoms with Crippen molar-refractivity contribution in [3.05, 3.63) is 23.8 Å². The molecule has 0 saturated heterocycles. The van der Waals surface area contributed by atoms with Crippen LogP contribution in [0.25, 0.3) is 0 Å². The maximum Gasteiger partial charge on any atom is 0.248 e. The minimum Gasteiger partial charge on any atom is -0.398 e. The van der Waals surface area contributed by atoms with Crippen molar-refractivity contribution in [3.8, 4) is 0 Å². The van der Waals surface area contributed by atoms with Crippen LogP contribution < -0.4 is 11.5 Å². The van der Waals surface area contributed by atoms with E-state index in [0.29, 0.717) is 11.3 Å². The zero-order valence-corrected chi connectivity index (χ0v) is 10.3. The average molecular weight is 238 g/mol. The Hall–Kier alpha value is -1.16. The molecule has 0 fully saturated rings. The Morgan fingerprint density at radius 3 is 2.75 bits per heavy atom. The van der Waals surface area contributed by atoms with E-state index in [1.165, 1.54) is 19.3 Å². The Labute approximate surface area is 101 Å². The summed E-state index contributed by atoms with van der Waals surface area (Å²) in [6.45, 7) is 2.17.